The van der Waals surface area contributed by atoms with Gasteiger partial charge in [-0.1, -0.05) is 19.9 Å². The average Bonchev–Trinajstić information content (AvgIpc) is 2.72. The maximum atomic E-state index is 11.5. The molecule has 0 amide bonds. The van der Waals surface area contributed by atoms with E-state index in [0.29, 0.717) is 17.3 Å². The molecule has 1 N–H and O–H groups in total. The predicted molar refractivity (Wildman–Crippen MR) is 69.5 cm³/mol. The van der Waals surface area contributed by atoms with Gasteiger partial charge in [-0.2, -0.15) is 0 Å². The SMILES string of the molecule is Cc1nnc(-c2ccccn2)n1C(C(=O)O)C(C)C. The molecule has 19 heavy (non-hydrogen) atoms. The van der Waals surface area contributed by atoms with Crippen LogP contribution in [-0.4, -0.2) is 30.8 Å². The predicted octanol–water partition coefficient (Wildman–Crippen LogP) is 1.93. The van der Waals surface area contributed by atoms with Crippen molar-refractivity contribution in [3.05, 3.63) is 30.2 Å². The van der Waals surface area contributed by atoms with Gasteiger partial charge in [-0.3, -0.25) is 9.55 Å². The van der Waals surface area contributed by atoms with E-state index in [1.807, 2.05) is 19.9 Å². The standard InChI is InChI=1S/C13H16N4O2/c1-8(2)11(13(18)19)17-9(3)15-16-12(17)10-6-4-5-7-14-10/h4-8,11H,1-3H3,(H,18,19). The Bertz CT molecular complexity index is 578. The van der Waals surface area contributed by atoms with Gasteiger partial charge in [-0.15, -0.1) is 10.2 Å². The Morgan fingerprint density at radius 1 is 1.32 bits per heavy atom. The molecular weight excluding hydrogens is 244 g/mol. The van der Waals surface area contributed by atoms with Crippen LogP contribution in [0.1, 0.15) is 25.7 Å². The van der Waals surface area contributed by atoms with E-state index in [2.05, 4.69) is 15.2 Å². The van der Waals surface area contributed by atoms with Gasteiger partial charge in [0.25, 0.3) is 0 Å². The number of nitrogens with zero attached hydrogens (tertiary/aromatic N) is 4. The molecule has 2 aromatic rings. The molecule has 0 saturated carbocycles. The van der Waals surface area contributed by atoms with E-state index in [4.69, 9.17) is 0 Å². The minimum Gasteiger partial charge on any atom is -0.480 e. The summed E-state index contributed by atoms with van der Waals surface area (Å²) in [6.45, 7) is 5.47. The number of pyridine rings is 1. The maximum absolute atomic E-state index is 11.5. The van der Waals surface area contributed by atoms with Gasteiger partial charge in [0, 0.05) is 6.20 Å². The lowest BCUT2D eigenvalue weighted by Gasteiger charge is -2.20. The van der Waals surface area contributed by atoms with Crippen molar-refractivity contribution in [2.45, 2.75) is 26.8 Å². The van der Waals surface area contributed by atoms with E-state index in [1.165, 1.54) is 0 Å². The monoisotopic (exact) mass is 260 g/mol. The molecule has 0 aromatic carbocycles. The average molecular weight is 260 g/mol. The molecule has 0 saturated heterocycles. The largest absolute Gasteiger partial charge is 0.480 e. The first-order valence-electron chi connectivity index (χ1n) is 6.08. The molecule has 100 valence electrons. The molecule has 0 aliphatic heterocycles. The first kappa shape index (κ1) is 13.2. The third kappa shape index (κ3) is 2.47. The van der Waals surface area contributed by atoms with Crippen LogP contribution >= 0.6 is 0 Å². The van der Waals surface area contributed by atoms with Crippen LogP contribution in [0.2, 0.25) is 0 Å². The third-order valence-electron chi connectivity index (χ3n) is 2.92. The number of carbonyl (C=O) groups is 1. The van der Waals surface area contributed by atoms with Gasteiger partial charge in [0.2, 0.25) is 0 Å². The highest BCUT2D eigenvalue weighted by atomic mass is 16.4. The Morgan fingerprint density at radius 3 is 2.58 bits per heavy atom. The minimum absolute atomic E-state index is 0.0744. The number of hydrogen-bond donors (Lipinski definition) is 1. The van der Waals surface area contributed by atoms with Crippen molar-refractivity contribution in [1.82, 2.24) is 19.7 Å². The van der Waals surface area contributed by atoms with Gasteiger partial charge in [-0.25, -0.2) is 4.79 Å². The maximum Gasteiger partial charge on any atom is 0.327 e. The fourth-order valence-electron chi connectivity index (χ4n) is 2.07. The number of aliphatic carboxylic acids is 1. The third-order valence-corrected chi connectivity index (χ3v) is 2.92. The molecule has 1 atom stereocenters. The van der Waals surface area contributed by atoms with Crippen LogP contribution in [0.5, 0.6) is 0 Å². The summed E-state index contributed by atoms with van der Waals surface area (Å²) >= 11 is 0. The Morgan fingerprint density at radius 2 is 2.05 bits per heavy atom. The van der Waals surface area contributed by atoms with Gasteiger partial charge < -0.3 is 5.11 Å². The summed E-state index contributed by atoms with van der Waals surface area (Å²) in [6, 6.07) is 4.72. The van der Waals surface area contributed by atoms with E-state index >= 15 is 0 Å². The van der Waals surface area contributed by atoms with E-state index in [1.54, 1.807) is 29.8 Å². The van der Waals surface area contributed by atoms with Crippen LogP contribution in [0, 0.1) is 12.8 Å². The summed E-state index contributed by atoms with van der Waals surface area (Å²) in [4.78, 5) is 15.7. The van der Waals surface area contributed by atoms with E-state index < -0.39 is 12.0 Å². The van der Waals surface area contributed by atoms with Crippen molar-refractivity contribution in [1.29, 1.82) is 0 Å². The first-order chi connectivity index (χ1) is 9.02. The molecule has 0 fully saturated rings. The number of aromatic nitrogens is 4. The highest BCUT2D eigenvalue weighted by molar-refractivity contribution is 5.73. The van der Waals surface area contributed by atoms with Crippen molar-refractivity contribution >= 4 is 5.97 Å². The van der Waals surface area contributed by atoms with Gasteiger partial charge in [0.15, 0.2) is 5.82 Å². The lowest BCUT2D eigenvalue weighted by molar-refractivity contribution is -0.142. The fraction of sp³-hybridized carbons (Fsp3) is 0.385. The van der Waals surface area contributed by atoms with E-state index in [0.717, 1.165) is 0 Å². The molecule has 0 spiro atoms. The Balaban J connectivity index is 2.57. The topological polar surface area (TPSA) is 80.9 Å². The molecule has 2 rings (SSSR count). The van der Waals surface area contributed by atoms with Crippen LogP contribution in [-0.2, 0) is 4.79 Å². The Hall–Kier alpha value is -2.24. The normalized spacial score (nSPS) is 12.6. The highest BCUT2D eigenvalue weighted by Gasteiger charge is 2.28. The van der Waals surface area contributed by atoms with Crippen molar-refractivity contribution in [3.63, 3.8) is 0 Å². The van der Waals surface area contributed by atoms with Crippen LogP contribution in [0.25, 0.3) is 11.5 Å². The van der Waals surface area contributed by atoms with E-state index in [9.17, 15) is 9.90 Å². The van der Waals surface area contributed by atoms with Crippen LogP contribution in [0.15, 0.2) is 24.4 Å². The molecular formula is C13H16N4O2. The van der Waals surface area contributed by atoms with Gasteiger partial charge in [0.05, 0.1) is 0 Å². The number of rotatable bonds is 4. The first-order valence-corrected chi connectivity index (χ1v) is 6.08. The summed E-state index contributed by atoms with van der Waals surface area (Å²) < 4.78 is 1.63. The second kappa shape index (κ2) is 5.17. The fourth-order valence-corrected chi connectivity index (χ4v) is 2.07. The smallest absolute Gasteiger partial charge is 0.327 e. The molecule has 0 aliphatic carbocycles. The van der Waals surface area contributed by atoms with Crippen molar-refractivity contribution in [3.8, 4) is 11.5 Å². The van der Waals surface area contributed by atoms with Crippen LogP contribution in [0.4, 0.5) is 0 Å². The molecule has 6 heteroatoms. The quantitative estimate of drug-likeness (QED) is 0.908. The second-order valence-electron chi connectivity index (χ2n) is 4.68. The molecule has 6 nitrogen and oxygen atoms in total. The number of hydrogen-bond acceptors (Lipinski definition) is 4. The van der Waals surface area contributed by atoms with Crippen molar-refractivity contribution < 1.29 is 9.90 Å². The van der Waals surface area contributed by atoms with Crippen molar-refractivity contribution in [2.24, 2.45) is 5.92 Å². The molecule has 0 radical (unpaired) electrons. The van der Waals surface area contributed by atoms with Gasteiger partial charge in [-0.05, 0) is 25.0 Å². The minimum atomic E-state index is -0.893. The molecule has 0 aliphatic rings. The second-order valence-corrected chi connectivity index (χ2v) is 4.68. The lowest BCUT2D eigenvalue weighted by atomic mass is 10.0. The summed E-state index contributed by atoms with van der Waals surface area (Å²) in [6.07, 6.45) is 1.65. The zero-order valence-electron chi connectivity index (χ0n) is 11.1. The summed E-state index contributed by atoms with van der Waals surface area (Å²) in [5.74, 6) is 0.0886. The zero-order valence-corrected chi connectivity index (χ0v) is 11.1. The van der Waals surface area contributed by atoms with E-state index in [-0.39, 0.29) is 5.92 Å². The van der Waals surface area contributed by atoms with Gasteiger partial charge in [0.1, 0.15) is 17.6 Å². The summed E-state index contributed by atoms with van der Waals surface area (Å²) in [5.41, 5.74) is 0.620. The number of aryl methyl sites for hydroxylation is 1. The number of carboxylic acid groups (broad SMARTS) is 1. The van der Waals surface area contributed by atoms with Crippen molar-refractivity contribution in [2.75, 3.05) is 0 Å². The molecule has 2 aromatic heterocycles. The summed E-state index contributed by atoms with van der Waals surface area (Å²) in [7, 11) is 0. The van der Waals surface area contributed by atoms with Gasteiger partial charge >= 0.3 is 5.97 Å². The molecule has 1 unspecified atom stereocenters. The highest BCUT2D eigenvalue weighted by Crippen LogP contribution is 2.25. The van der Waals surface area contributed by atoms with Crippen LogP contribution < -0.4 is 0 Å². The Kier molecular flexibility index (Phi) is 3.59. The zero-order chi connectivity index (χ0) is 14.0. The molecule has 0 bridgehead atoms. The molecule has 2 heterocycles. The lowest BCUT2D eigenvalue weighted by Crippen LogP contribution is -2.26. The Labute approximate surface area is 111 Å². The number of carboxylic acids is 1. The summed E-state index contributed by atoms with van der Waals surface area (Å²) in [5, 5.41) is 17.5. The van der Waals surface area contributed by atoms with Crippen LogP contribution in [0.3, 0.4) is 0 Å².